The average Bonchev–Trinajstić information content (AvgIpc) is 2.68. The first-order valence-electron chi connectivity index (χ1n) is 8.84. The topological polar surface area (TPSA) is 79.9 Å². The van der Waals surface area contributed by atoms with Crippen molar-refractivity contribution < 1.29 is 9.94 Å². The van der Waals surface area contributed by atoms with E-state index in [1.165, 1.54) is 0 Å². The van der Waals surface area contributed by atoms with Crippen molar-refractivity contribution in [3.05, 3.63) is 77.4 Å². The van der Waals surface area contributed by atoms with Crippen LogP contribution in [0.15, 0.2) is 60.1 Å². The normalized spacial score (nSPS) is 19.4. The molecule has 1 aliphatic rings. The van der Waals surface area contributed by atoms with Crippen LogP contribution in [-0.4, -0.2) is 16.0 Å². The Morgan fingerprint density at radius 3 is 2.74 bits per heavy atom. The maximum atomic E-state index is 9.08. The minimum absolute atomic E-state index is 0.0415. The molecule has 0 aliphatic carbocycles. The molecule has 27 heavy (non-hydrogen) atoms. The molecule has 5 nitrogen and oxygen atoms in total. The number of benzene rings is 2. The van der Waals surface area contributed by atoms with Gasteiger partial charge in [0.05, 0.1) is 24.4 Å². The molecule has 0 spiro atoms. The quantitative estimate of drug-likeness (QED) is 0.637. The molecule has 6 heteroatoms. The fraction of sp³-hybridized carbons (Fsp3) is 0.286. The average molecular weight is 384 g/mol. The van der Waals surface area contributed by atoms with Gasteiger partial charge in [0.25, 0.3) is 0 Å². The van der Waals surface area contributed by atoms with Crippen molar-refractivity contribution >= 4 is 22.6 Å². The summed E-state index contributed by atoms with van der Waals surface area (Å²) in [7, 11) is 0. The third-order valence-corrected chi connectivity index (χ3v) is 5.46. The smallest absolute Gasteiger partial charge is 0.154 e. The molecule has 2 aromatic rings. The standard InChI is InChI=1S/C21H25N3O2S/c1-15(24-26-14-17-8-6-16(13-25)7-9-17)18-4-3-5-19(12-18)21(2)10-11-27-20(22)23-21/h3-9,12,24-25H,1,10-11,13-14H2,2H3,(H2,22,23). The summed E-state index contributed by atoms with van der Waals surface area (Å²) in [5, 5.41) is 9.72. The summed E-state index contributed by atoms with van der Waals surface area (Å²) < 4.78 is 0. The summed E-state index contributed by atoms with van der Waals surface area (Å²) in [5.41, 5.74) is 13.2. The van der Waals surface area contributed by atoms with Crippen LogP contribution in [0.1, 0.15) is 35.6 Å². The van der Waals surface area contributed by atoms with Crippen molar-refractivity contribution in [1.29, 1.82) is 0 Å². The van der Waals surface area contributed by atoms with E-state index >= 15 is 0 Å². The zero-order valence-electron chi connectivity index (χ0n) is 15.4. The van der Waals surface area contributed by atoms with Crippen LogP contribution in [0.3, 0.4) is 0 Å². The highest BCUT2D eigenvalue weighted by atomic mass is 32.2. The fourth-order valence-electron chi connectivity index (χ4n) is 2.94. The van der Waals surface area contributed by atoms with Crippen LogP contribution in [0.4, 0.5) is 0 Å². The predicted octanol–water partition coefficient (Wildman–Crippen LogP) is 3.54. The molecular weight excluding hydrogens is 358 g/mol. The molecule has 0 fully saturated rings. The van der Waals surface area contributed by atoms with Gasteiger partial charge in [0, 0.05) is 5.75 Å². The number of hydrogen-bond acceptors (Lipinski definition) is 6. The molecule has 1 atom stereocenters. The molecule has 0 bridgehead atoms. The van der Waals surface area contributed by atoms with Crippen LogP contribution in [-0.2, 0) is 23.6 Å². The lowest BCUT2D eigenvalue weighted by molar-refractivity contribution is 0.0648. The molecule has 1 heterocycles. The van der Waals surface area contributed by atoms with Gasteiger partial charge < -0.3 is 10.8 Å². The summed E-state index contributed by atoms with van der Waals surface area (Å²) in [4.78, 5) is 10.2. The zero-order valence-corrected chi connectivity index (χ0v) is 16.3. The van der Waals surface area contributed by atoms with Gasteiger partial charge in [-0.1, -0.05) is 60.8 Å². The van der Waals surface area contributed by atoms with Crippen molar-refractivity contribution in [3.8, 4) is 0 Å². The van der Waals surface area contributed by atoms with Crippen LogP contribution in [0.2, 0.25) is 0 Å². The molecule has 0 aromatic heterocycles. The lowest BCUT2D eigenvalue weighted by Gasteiger charge is -2.30. The van der Waals surface area contributed by atoms with Gasteiger partial charge in [-0.15, -0.1) is 0 Å². The van der Waals surface area contributed by atoms with Crippen molar-refractivity contribution in [2.75, 3.05) is 5.75 Å². The van der Waals surface area contributed by atoms with Gasteiger partial charge in [0.15, 0.2) is 5.17 Å². The summed E-state index contributed by atoms with van der Waals surface area (Å²) >= 11 is 1.60. The van der Waals surface area contributed by atoms with Crippen LogP contribution in [0.5, 0.6) is 0 Å². The summed E-state index contributed by atoms with van der Waals surface area (Å²) in [6, 6.07) is 15.8. The number of rotatable bonds is 7. The number of aliphatic hydroxyl groups is 1. The largest absolute Gasteiger partial charge is 0.392 e. The summed E-state index contributed by atoms with van der Waals surface area (Å²) in [6.45, 7) is 6.63. The van der Waals surface area contributed by atoms with E-state index in [9.17, 15) is 0 Å². The van der Waals surface area contributed by atoms with Crippen molar-refractivity contribution in [2.45, 2.75) is 32.1 Å². The van der Waals surface area contributed by atoms with Gasteiger partial charge in [-0.05, 0) is 41.7 Å². The Bertz CT molecular complexity index is 836. The monoisotopic (exact) mass is 383 g/mol. The molecule has 4 N–H and O–H groups in total. The Hall–Kier alpha value is -2.28. The van der Waals surface area contributed by atoms with Gasteiger partial charge in [-0.25, -0.2) is 0 Å². The molecule has 0 saturated heterocycles. The second-order valence-corrected chi connectivity index (χ2v) is 7.86. The maximum Gasteiger partial charge on any atom is 0.154 e. The van der Waals surface area contributed by atoms with Crippen LogP contribution in [0, 0.1) is 0 Å². The van der Waals surface area contributed by atoms with Crippen molar-refractivity contribution in [3.63, 3.8) is 0 Å². The van der Waals surface area contributed by atoms with Gasteiger partial charge >= 0.3 is 0 Å². The van der Waals surface area contributed by atoms with Gasteiger partial charge in [-0.2, -0.15) is 0 Å². The molecule has 142 valence electrons. The van der Waals surface area contributed by atoms with Crippen LogP contribution < -0.4 is 11.2 Å². The number of hydroxylamine groups is 1. The number of thioether (sulfide) groups is 1. The second kappa shape index (κ2) is 8.61. The number of nitrogens with zero attached hydrogens (tertiary/aromatic N) is 1. The fourth-order valence-corrected chi connectivity index (χ4v) is 3.92. The second-order valence-electron chi connectivity index (χ2n) is 6.75. The SMILES string of the molecule is C=C(NOCc1ccc(CO)cc1)c1cccc(C2(C)CCSC(N)=N2)c1. The number of nitrogens with one attached hydrogen (secondary N) is 1. The first kappa shape index (κ1) is 19.5. The Morgan fingerprint density at radius 2 is 2.04 bits per heavy atom. The Morgan fingerprint density at radius 1 is 1.30 bits per heavy atom. The number of amidine groups is 1. The Labute approximate surface area is 164 Å². The lowest BCUT2D eigenvalue weighted by Crippen LogP contribution is -2.28. The van der Waals surface area contributed by atoms with Crippen LogP contribution in [0.25, 0.3) is 5.70 Å². The molecule has 3 rings (SSSR count). The highest BCUT2D eigenvalue weighted by Gasteiger charge is 2.29. The Balaban J connectivity index is 1.62. The van der Waals surface area contributed by atoms with Crippen molar-refractivity contribution in [2.24, 2.45) is 10.7 Å². The van der Waals surface area contributed by atoms with Gasteiger partial charge in [-0.3, -0.25) is 15.3 Å². The summed E-state index contributed by atoms with van der Waals surface area (Å²) in [6.07, 6.45) is 0.946. The molecule has 0 radical (unpaired) electrons. The third-order valence-electron chi connectivity index (χ3n) is 4.67. The minimum atomic E-state index is -0.305. The molecule has 1 unspecified atom stereocenters. The number of hydrogen-bond donors (Lipinski definition) is 3. The highest BCUT2D eigenvalue weighted by Crippen LogP contribution is 2.35. The first-order chi connectivity index (χ1) is 13.0. The minimum Gasteiger partial charge on any atom is -0.392 e. The van der Waals surface area contributed by atoms with E-state index in [2.05, 4.69) is 36.1 Å². The van der Waals surface area contributed by atoms with E-state index in [0.29, 0.717) is 17.5 Å². The molecular formula is C21H25N3O2S. The van der Waals surface area contributed by atoms with E-state index in [-0.39, 0.29) is 12.1 Å². The van der Waals surface area contributed by atoms with Gasteiger partial charge in [0.2, 0.25) is 0 Å². The highest BCUT2D eigenvalue weighted by molar-refractivity contribution is 8.13. The van der Waals surface area contributed by atoms with Crippen molar-refractivity contribution in [1.82, 2.24) is 5.48 Å². The molecule has 0 amide bonds. The van der Waals surface area contributed by atoms with E-state index in [4.69, 9.17) is 15.7 Å². The molecule has 1 aliphatic heterocycles. The molecule has 2 aromatic carbocycles. The number of aliphatic imine (C=N–C) groups is 1. The van der Waals surface area contributed by atoms with E-state index in [1.807, 2.05) is 36.4 Å². The maximum absolute atomic E-state index is 9.08. The Kier molecular flexibility index (Phi) is 6.21. The van der Waals surface area contributed by atoms with E-state index < -0.39 is 0 Å². The third kappa shape index (κ3) is 4.91. The first-order valence-corrected chi connectivity index (χ1v) is 9.83. The van der Waals surface area contributed by atoms with Gasteiger partial charge in [0.1, 0.15) is 0 Å². The zero-order chi connectivity index (χ0) is 19.3. The van der Waals surface area contributed by atoms with Crippen LogP contribution >= 0.6 is 11.8 Å². The lowest BCUT2D eigenvalue weighted by atomic mass is 9.88. The van der Waals surface area contributed by atoms with E-state index in [1.54, 1.807) is 11.8 Å². The predicted molar refractivity (Wildman–Crippen MR) is 112 cm³/mol. The summed E-state index contributed by atoms with van der Waals surface area (Å²) in [5.74, 6) is 0.966. The van der Waals surface area contributed by atoms with E-state index in [0.717, 1.165) is 34.4 Å². The number of nitrogens with two attached hydrogens (primary N) is 1. The molecule has 0 saturated carbocycles. The number of aliphatic hydroxyl groups excluding tert-OH is 1.